The molecule has 1 aliphatic rings. The Bertz CT molecular complexity index is 596. The van der Waals surface area contributed by atoms with Gasteiger partial charge in [0.1, 0.15) is 0 Å². The van der Waals surface area contributed by atoms with E-state index in [1.165, 1.54) is 6.26 Å². The molecular formula is C15H17N3O3. The van der Waals surface area contributed by atoms with Crippen LogP contribution in [0.5, 0.6) is 0 Å². The molecule has 2 aromatic heterocycles. The lowest BCUT2D eigenvalue weighted by Crippen LogP contribution is -2.50. The van der Waals surface area contributed by atoms with Crippen LogP contribution in [-0.4, -0.2) is 52.8 Å². The van der Waals surface area contributed by atoms with Crippen LogP contribution in [0.15, 0.2) is 41.1 Å². The number of carbonyl (C=O) groups excluding carboxylic acids is 2. The summed E-state index contributed by atoms with van der Waals surface area (Å²) in [6.07, 6.45) is 3.67. The van der Waals surface area contributed by atoms with Gasteiger partial charge in [0.15, 0.2) is 5.76 Å². The zero-order valence-corrected chi connectivity index (χ0v) is 11.6. The molecule has 2 amide bonds. The van der Waals surface area contributed by atoms with Crippen molar-refractivity contribution in [2.75, 3.05) is 26.2 Å². The fourth-order valence-electron chi connectivity index (χ4n) is 2.47. The summed E-state index contributed by atoms with van der Waals surface area (Å²) in [7, 11) is 0. The number of aromatic nitrogens is 1. The number of H-pyrrole nitrogens is 1. The third-order valence-corrected chi connectivity index (χ3v) is 3.66. The maximum Gasteiger partial charge on any atom is 0.289 e. The van der Waals surface area contributed by atoms with Gasteiger partial charge in [-0.25, -0.2) is 0 Å². The Hall–Kier alpha value is -2.50. The van der Waals surface area contributed by atoms with Crippen molar-refractivity contribution in [1.82, 2.24) is 14.8 Å². The number of furan rings is 1. The molecule has 2 aromatic rings. The van der Waals surface area contributed by atoms with Gasteiger partial charge in [0.25, 0.3) is 5.91 Å². The molecular weight excluding hydrogens is 270 g/mol. The van der Waals surface area contributed by atoms with Crippen molar-refractivity contribution in [3.8, 4) is 0 Å². The van der Waals surface area contributed by atoms with Crippen LogP contribution in [0.2, 0.25) is 0 Å². The van der Waals surface area contributed by atoms with E-state index in [0.717, 1.165) is 5.69 Å². The lowest BCUT2D eigenvalue weighted by atomic mass is 10.2. The molecule has 0 aliphatic carbocycles. The van der Waals surface area contributed by atoms with Crippen LogP contribution in [0.1, 0.15) is 16.2 Å². The molecule has 1 aliphatic heterocycles. The van der Waals surface area contributed by atoms with Gasteiger partial charge in [0, 0.05) is 38.1 Å². The largest absolute Gasteiger partial charge is 0.459 e. The smallest absolute Gasteiger partial charge is 0.289 e. The number of aromatic amines is 1. The first-order valence-corrected chi connectivity index (χ1v) is 6.97. The van der Waals surface area contributed by atoms with E-state index in [0.29, 0.717) is 38.4 Å². The fourth-order valence-corrected chi connectivity index (χ4v) is 2.47. The Kier molecular flexibility index (Phi) is 3.77. The van der Waals surface area contributed by atoms with Crippen molar-refractivity contribution < 1.29 is 14.0 Å². The van der Waals surface area contributed by atoms with Gasteiger partial charge in [-0.1, -0.05) is 0 Å². The minimum absolute atomic E-state index is 0.0857. The molecule has 6 nitrogen and oxygen atoms in total. The second kappa shape index (κ2) is 5.87. The van der Waals surface area contributed by atoms with E-state index in [2.05, 4.69) is 4.98 Å². The normalized spacial score (nSPS) is 15.2. The first-order valence-electron chi connectivity index (χ1n) is 6.97. The van der Waals surface area contributed by atoms with E-state index in [1.54, 1.807) is 21.9 Å². The molecule has 0 unspecified atom stereocenters. The molecule has 0 spiro atoms. The number of hydrogen-bond donors (Lipinski definition) is 1. The average Bonchev–Trinajstić information content (AvgIpc) is 3.20. The van der Waals surface area contributed by atoms with Crippen LogP contribution >= 0.6 is 0 Å². The van der Waals surface area contributed by atoms with Crippen LogP contribution in [0, 0.1) is 0 Å². The van der Waals surface area contributed by atoms with Gasteiger partial charge in [-0.3, -0.25) is 9.59 Å². The van der Waals surface area contributed by atoms with E-state index in [9.17, 15) is 9.59 Å². The quantitative estimate of drug-likeness (QED) is 0.920. The maximum absolute atomic E-state index is 12.2. The number of rotatable bonds is 3. The number of carbonyl (C=O) groups is 2. The maximum atomic E-state index is 12.2. The first kappa shape index (κ1) is 13.5. The molecule has 0 saturated carbocycles. The van der Waals surface area contributed by atoms with Crippen LogP contribution in [0.25, 0.3) is 0 Å². The van der Waals surface area contributed by atoms with Crippen LogP contribution in [0.3, 0.4) is 0 Å². The van der Waals surface area contributed by atoms with Gasteiger partial charge < -0.3 is 19.2 Å². The highest BCUT2D eigenvalue weighted by Gasteiger charge is 2.25. The zero-order chi connectivity index (χ0) is 14.7. The summed E-state index contributed by atoms with van der Waals surface area (Å²) in [5.41, 5.74) is 0.911. The predicted molar refractivity (Wildman–Crippen MR) is 75.7 cm³/mol. The Labute approximate surface area is 122 Å². The Balaban J connectivity index is 1.53. The summed E-state index contributed by atoms with van der Waals surface area (Å²) in [4.78, 5) is 30.8. The molecule has 0 radical (unpaired) electrons. The molecule has 6 heteroatoms. The Morgan fingerprint density at radius 2 is 1.86 bits per heavy atom. The van der Waals surface area contributed by atoms with E-state index >= 15 is 0 Å². The van der Waals surface area contributed by atoms with Crippen molar-refractivity contribution >= 4 is 11.8 Å². The molecule has 0 atom stereocenters. The molecule has 1 N–H and O–H groups in total. The Morgan fingerprint density at radius 1 is 1.10 bits per heavy atom. The Morgan fingerprint density at radius 3 is 2.48 bits per heavy atom. The van der Waals surface area contributed by atoms with Gasteiger partial charge in [-0.05, 0) is 24.3 Å². The molecule has 21 heavy (non-hydrogen) atoms. The predicted octanol–water partition coefficient (Wildman–Crippen LogP) is 1.13. The summed E-state index contributed by atoms with van der Waals surface area (Å²) in [6, 6.07) is 7.13. The van der Waals surface area contributed by atoms with E-state index < -0.39 is 0 Å². The number of nitrogens with zero attached hydrogens (tertiary/aromatic N) is 2. The van der Waals surface area contributed by atoms with Crippen molar-refractivity contribution in [2.24, 2.45) is 0 Å². The zero-order valence-electron chi connectivity index (χ0n) is 11.6. The van der Waals surface area contributed by atoms with Gasteiger partial charge in [-0.15, -0.1) is 0 Å². The monoisotopic (exact) mass is 287 g/mol. The summed E-state index contributed by atoms with van der Waals surface area (Å²) in [5, 5.41) is 0. The van der Waals surface area contributed by atoms with E-state index in [-0.39, 0.29) is 11.8 Å². The first-order chi connectivity index (χ1) is 10.2. The standard InChI is InChI=1S/C15H17N3O3/c19-14(11-12-3-1-5-16-12)17-6-8-18(9-7-17)15(20)13-4-2-10-21-13/h1-5,10,16H,6-9,11H2. The summed E-state index contributed by atoms with van der Waals surface area (Å²) >= 11 is 0. The fraction of sp³-hybridized carbons (Fsp3) is 0.333. The number of hydrogen-bond acceptors (Lipinski definition) is 3. The highest BCUT2D eigenvalue weighted by Crippen LogP contribution is 2.10. The van der Waals surface area contributed by atoms with Crippen LogP contribution < -0.4 is 0 Å². The number of nitrogens with one attached hydrogen (secondary N) is 1. The van der Waals surface area contributed by atoms with E-state index in [1.807, 2.05) is 18.3 Å². The molecule has 0 aromatic carbocycles. The van der Waals surface area contributed by atoms with E-state index in [4.69, 9.17) is 4.42 Å². The summed E-state index contributed by atoms with van der Waals surface area (Å²) < 4.78 is 5.12. The highest BCUT2D eigenvalue weighted by atomic mass is 16.3. The molecule has 0 bridgehead atoms. The van der Waals surface area contributed by atoms with Crippen LogP contribution in [-0.2, 0) is 11.2 Å². The van der Waals surface area contributed by atoms with Crippen molar-refractivity contribution in [1.29, 1.82) is 0 Å². The van der Waals surface area contributed by atoms with Crippen molar-refractivity contribution in [3.05, 3.63) is 48.2 Å². The molecule has 1 fully saturated rings. The lowest BCUT2D eigenvalue weighted by molar-refractivity contribution is -0.132. The molecule has 3 rings (SSSR count). The second-order valence-corrected chi connectivity index (χ2v) is 5.02. The highest BCUT2D eigenvalue weighted by molar-refractivity contribution is 5.91. The summed E-state index contributed by atoms with van der Waals surface area (Å²) in [6.45, 7) is 2.20. The second-order valence-electron chi connectivity index (χ2n) is 5.02. The summed E-state index contributed by atoms with van der Waals surface area (Å²) in [5.74, 6) is 0.320. The third-order valence-electron chi connectivity index (χ3n) is 3.66. The van der Waals surface area contributed by atoms with Gasteiger partial charge in [-0.2, -0.15) is 0 Å². The topological polar surface area (TPSA) is 69.6 Å². The third kappa shape index (κ3) is 2.99. The van der Waals surface area contributed by atoms with Gasteiger partial charge in [0.05, 0.1) is 12.7 Å². The van der Waals surface area contributed by atoms with Gasteiger partial charge in [0.2, 0.25) is 5.91 Å². The number of amides is 2. The molecule has 110 valence electrons. The molecule has 3 heterocycles. The molecule has 1 saturated heterocycles. The number of piperazine rings is 1. The average molecular weight is 287 g/mol. The van der Waals surface area contributed by atoms with Crippen LogP contribution in [0.4, 0.5) is 0 Å². The lowest BCUT2D eigenvalue weighted by Gasteiger charge is -2.34. The SMILES string of the molecule is O=C(Cc1ccc[nH]1)N1CCN(C(=O)c2ccco2)CC1. The van der Waals surface area contributed by atoms with Crippen molar-refractivity contribution in [2.45, 2.75) is 6.42 Å². The minimum atomic E-state index is -0.114. The van der Waals surface area contributed by atoms with Crippen molar-refractivity contribution in [3.63, 3.8) is 0 Å². The van der Waals surface area contributed by atoms with Gasteiger partial charge >= 0.3 is 0 Å². The minimum Gasteiger partial charge on any atom is -0.459 e.